The van der Waals surface area contributed by atoms with Crippen molar-refractivity contribution in [2.45, 2.75) is 71.1 Å². The number of rotatable bonds is 18. The van der Waals surface area contributed by atoms with Gasteiger partial charge < -0.3 is 14.2 Å². The summed E-state index contributed by atoms with van der Waals surface area (Å²) in [6.07, 6.45) is 11.9. The summed E-state index contributed by atoms with van der Waals surface area (Å²) in [6.45, 7) is 4.98. The Balaban J connectivity index is 3.13. The van der Waals surface area contributed by atoms with Crippen molar-refractivity contribution in [1.82, 2.24) is 0 Å². The van der Waals surface area contributed by atoms with Gasteiger partial charge in [-0.15, -0.1) is 0 Å². The molecule has 0 aromatic carbocycles. The van der Waals surface area contributed by atoms with E-state index < -0.39 is 0 Å². The Morgan fingerprint density at radius 3 is 1.87 bits per heavy atom. The van der Waals surface area contributed by atoms with Crippen LogP contribution in [-0.2, 0) is 19.0 Å². The number of alkyl halides is 1. The third-order valence-corrected chi connectivity index (χ3v) is 4.01. The van der Waals surface area contributed by atoms with Gasteiger partial charge in [0.1, 0.15) is 6.61 Å². The van der Waals surface area contributed by atoms with Gasteiger partial charge in [0.15, 0.2) is 0 Å². The molecule has 0 radical (unpaired) electrons. The first-order valence-electron chi connectivity index (χ1n) is 9.18. The third-order valence-electron chi connectivity index (χ3n) is 3.57. The summed E-state index contributed by atoms with van der Waals surface area (Å²) in [7, 11) is 0. The zero-order valence-electron chi connectivity index (χ0n) is 14.8. The van der Waals surface area contributed by atoms with Crippen LogP contribution in [0.1, 0.15) is 71.1 Å². The van der Waals surface area contributed by atoms with Gasteiger partial charge in [-0.2, -0.15) is 0 Å². The topological polar surface area (TPSA) is 44.8 Å². The van der Waals surface area contributed by atoms with E-state index >= 15 is 0 Å². The Hall–Kier alpha value is 0.120. The van der Waals surface area contributed by atoms with Gasteiger partial charge in [-0.25, -0.2) is 0 Å². The van der Waals surface area contributed by atoms with Gasteiger partial charge in [0.05, 0.1) is 26.4 Å². The molecule has 0 amide bonds. The Morgan fingerprint density at radius 2 is 1.26 bits per heavy atom. The average molecular weight is 442 g/mol. The summed E-state index contributed by atoms with van der Waals surface area (Å²) in [5.41, 5.74) is 0. The molecule has 0 unspecified atom stereocenters. The minimum Gasteiger partial charge on any atom is -0.463 e. The van der Waals surface area contributed by atoms with Gasteiger partial charge in [0.25, 0.3) is 0 Å². The maximum absolute atomic E-state index is 11.5. The van der Waals surface area contributed by atoms with Gasteiger partial charge in [-0.05, 0) is 6.42 Å². The highest BCUT2D eigenvalue weighted by Crippen LogP contribution is 2.10. The van der Waals surface area contributed by atoms with E-state index in [1.807, 2.05) is 0 Å². The minimum atomic E-state index is -0.0993. The van der Waals surface area contributed by atoms with Crippen molar-refractivity contribution in [1.29, 1.82) is 0 Å². The maximum Gasteiger partial charge on any atom is 0.305 e. The van der Waals surface area contributed by atoms with Crippen LogP contribution < -0.4 is 0 Å². The molecule has 0 aromatic heterocycles. The fraction of sp³-hybridized carbons (Fsp3) is 0.944. The second-order valence-electron chi connectivity index (χ2n) is 5.71. The number of esters is 1. The van der Waals surface area contributed by atoms with Crippen LogP contribution in [0, 0.1) is 0 Å². The van der Waals surface area contributed by atoms with Crippen molar-refractivity contribution in [3.63, 3.8) is 0 Å². The second-order valence-corrected chi connectivity index (χ2v) is 6.79. The van der Waals surface area contributed by atoms with Gasteiger partial charge >= 0.3 is 5.97 Å². The molecule has 0 N–H and O–H groups in total. The molecule has 0 saturated carbocycles. The molecule has 138 valence electrons. The van der Waals surface area contributed by atoms with Crippen molar-refractivity contribution in [3.05, 3.63) is 0 Å². The van der Waals surface area contributed by atoms with E-state index in [9.17, 15) is 4.79 Å². The molecule has 0 saturated heterocycles. The molecule has 0 aliphatic heterocycles. The molecule has 0 spiro atoms. The Kier molecular flexibility index (Phi) is 20.3. The molecule has 0 heterocycles. The van der Waals surface area contributed by atoms with Gasteiger partial charge in [0.2, 0.25) is 0 Å². The lowest BCUT2D eigenvalue weighted by molar-refractivity contribution is -0.145. The molecule has 0 fully saturated rings. The Labute approximate surface area is 156 Å². The first kappa shape index (κ1) is 23.1. The van der Waals surface area contributed by atoms with Crippen LogP contribution in [0.3, 0.4) is 0 Å². The zero-order chi connectivity index (χ0) is 17.0. The van der Waals surface area contributed by atoms with E-state index in [2.05, 4.69) is 29.5 Å². The first-order chi connectivity index (χ1) is 11.3. The second kappa shape index (κ2) is 20.2. The van der Waals surface area contributed by atoms with Crippen LogP contribution in [0.15, 0.2) is 0 Å². The van der Waals surface area contributed by atoms with E-state index in [1.54, 1.807) is 0 Å². The van der Waals surface area contributed by atoms with Gasteiger partial charge in [0, 0.05) is 10.8 Å². The monoisotopic (exact) mass is 442 g/mol. The van der Waals surface area contributed by atoms with Crippen molar-refractivity contribution in [2.24, 2.45) is 0 Å². The first-order valence-corrected chi connectivity index (χ1v) is 10.7. The van der Waals surface area contributed by atoms with Crippen LogP contribution in [0.4, 0.5) is 0 Å². The zero-order valence-corrected chi connectivity index (χ0v) is 17.0. The van der Waals surface area contributed by atoms with Crippen LogP contribution in [0.25, 0.3) is 0 Å². The average Bonchev–Trinajstić information content (AvgIpc) is 2.56. The van der Waals surface area contributed by atoms with Crippen molar-refractivity contribution < 1.29 is 19.0 Å². The van der Waals surface area contributed by atoms with Crippen molar-refractivity contribution in [2.75, 3.05) is 37.5 Å². The van der Waals surface area contributed by atoms with E-state index in [0.29, 0.717) is 32.8 Å². The summed E-state index contributed by atoms with van der Waals surface area (Å²) < 4.78 is 16.7. The Bertz CT molecular complexity index is 249. The summed E-state index contributed by atoms with van der Waals surface area (Å²) in [6, 6.07) is 0. The van der Waals surface area contributed by atoms with Gasteiger partial charge in [-0.1, -0.05) is 80.9 Å². The van der Waals surface area contributed by atoms with E-state index in [4.69, 9.17) is 14.2 Å². The molecular formula is C18H35IO4. The molecule has 23 heavy (non-hydrogen) atoms. The fourth-order valence-electron chi connectivity index (χ4n) is 2.24. The minimum absolute atomic E-state index is 0.0993. The summed E-state index contributed by atoms with van der Waals surface area (Å²) in [5.74, 6) is -0.0993. The molecule has 0 rings (SSSR count). The third kappa shape index (κ3) is 20.1. The smallest absolute Gasteiger partial charge is 0.305 e. The highest BCUT2D eigenvalue weighted by molar-refractivity contribution is 14.1. The molecule has 0 aliphatic rings. The van der Waals surface area contributed by atoms with Crippen molar-refractivity contribution in [3.8, 4) is 0 Å². The van der Waals surface area contributed by atoms with Gasteiger partial charge in [-0.3, -0.25) is 4.79 Å². The number of ether oxygens (including phenoxy) is 3. The standard InChI is InChI=1S/C18H35IO4/c1-2-3-4-5-6-7-8-9-10-11-18(20)23-17-16-22-15-14-21-13-12-19/h2-17H2,1H3. The fourth-order valence-corrected chi connectivity index (χ4v) is 2.55. The Morgan fingerprint density at radius 1 is 0.739 bits per heavy atom. The lowest BCUT2D eigenvalue weighted by atomic mass is 10.1. The van der Waals surface area contributed by atoms with E-state index in [1.165, 1.54) is 44.9 Å². The summed E-state index contributed by atoms with van der Waals surface area (Å²) in [4.78, 5) is 11.5. The predicted molar refractivity (Wildman–Crippen MR) is 103 cm³/mol. The number of unbranched alkanes of at least 4 members (excludes halogenated alkanes) is 8. The predicted octanol–water partition coefficient (Wildman–Crippen LogP) is 4.92. The number of hydrogen-bond acceptors (Lipinski definition) is 4. The number of hydrogen-bond donors (Lipinski definition) is 0. The molecule has 4 nitrogen and oxygen atoms in total. The molecule has 0 aliphatic carbocycles. The summed E-state index contributed by atoms with van der Waals surface area (Å²) >= 11 is 2.27. The largest absolute Gasteiger partial charge is 0.463 e. The van der Waals surface area contributed by atoms with E-state index in [-0.39, 0.29) is 5.97 Å². The lowest BCUT2D eigenvalue weighted by Gasteiger charge is -2.06. The number of halogens is 1. The maximum atomic E-state index is 11.5. The van der Waals surface area contributed by atoms with Crippen LogP contribution in [0.5, 0.6) is 0 Å². The highest BCUT2D eigenvalue weighted by atomic mass is 127. The summed E-state index contributed by atoms with van der Waals surface area (Å²) in [5, 5.41) is 0. The van der Waals surface area contributed by atoms with E-state index in [0.717, 1.165) is 23.9 Å². The van der Waals surface area contributed by atoms with Crippen LogP contribution >= 0.6 is 22.6 Å². The SMILES string of the molecule is CCCCCCCCCCCC(=O)OCCOCCOCCI. The molecule has 0 atom stereocenters. The normalized spacial score (nSPS) is 10.9. The highest BCUT2D eigenvalue weighted by Gasteiger charge is 2.02. The van der Waals surface area contributed by atoms with Crippen LogP contribution in [-0.4, -0.2) is 43.4 Å². The molecular weight excluding hydrogens is 407 g/mol. The molecule has 5 heteroatoms. The van der Waals surface area contributed by atoms with Crippen molar-refractivity contribution >= 4 is 28.6 Å². The lowest BCUT2D eigenvalue weighted by Crippen LogP contribution is -2.13. The quantitative estimate of drug-likeness (QED) is 0.131. The number of carbonyl (C=O) groups is 1. The molecule has 0 bridgehead atoms. The molecule has 0 aromatic rings. The van der Waals surface area contributed by atoms with Crippen LogP contribution in [0.2, 0.25) is 0 Å². The number of carbonyl (C=O) groups excluding carboxylic acids is 1.